The van der Waals surface area contributed by atoms with Crippen molar-refractivity contribution >= 4 is 15.9 Å². The standard InChI is InChI=1S/C16H17F3N2O4S/c1-2-14(12-7-8-25-9-12)21-26(23,24)13-5-3-11(4-6-13)15(22)20-10-16(17,18)19/h1,3-6,12,14,21H,7-10H2,(H,20,22)/t12-,14-/m1/s1. The van der Waals surface area contributed by atoms with Crippen LogP contribution in [0.25, 0.3) is 0 Å². The molecule has 1 fully saturated rings. The van der Waals surface area contributed by atoms with E-state index in [-0.39, 0.29) is 16.4 Å². The van der Waals surface area contributed by atoms with Crippen molar-refractivity contribution < 1.29 is 31.1 Å². The van der Waals surface area contributed by atoms with E-state index in [9.17, 15) is 26.4 Å². The lowest BCUT2D eigenvalue weighted by molar-refractivity contribution is -0.123. The first-order valence-electron chi connectivity index (χ1n) is 7.63. The molecule has 6 nitrogen and oxygen atoms in total. The number of ether oxygens (including phenoxy) is 1. The smallest absolute Gasteiger partial charge is 0.381 e. The van der Waals surface area contributed by atoms with E-state index in [1.54, 1.807) is 5.32 Å². The number of sulfonamides is 1. The van der Waals surface area contributed by atoms with Crippen molar-refractivity contribution in [3.8, 4) is 12.3 Å². The number of carbonyl (C=O) groups excluding carboxylic acids is 1. The predicted molar refractivity (Wildman–Crippen MR) is 86.7 cm³/mol. The molecule has 1 aromatic rings. The third kappa shape index (κ3) is 5.45. The highest BCUT2D eigenvalue weighted by molar-refractivity contribution is 7.89. The highest BCUT2D eigenvalue weighted by Gasteiger charge is 2.29. The summed E-state index contributed by atoms with van der Waals surface area (Å²) in [6, 6.07) is 3.78. The fourth-order valence-electron chi connectivity index (χ4n) is 2.39. The van der Waals surface area contributed by atoms with Crippen molar-refractivity contribution in [3.05, 3.63) is 29.8 Å². The van der Waals surface area contributed by atoms with Gasteiger partial charge in [-0.25, -0.2) is 8.42 Å². The first-order chi connectivity index (χ1) is 12.1. The normalized spacial score (nSPS) is 18.9. The summed E-state index contributed by atoms with van der Waals surface area (Å²) in [6.07, 6.45) is 1.50. The van der Waals surface area contributed by atoms with Crippen molar-refractivity contribution in [3.63, 3.8) is 0 Å². The molecule has 0 unspecified atom stereocenters. The molecule has 0 bridgehead atoms. The number of nitrogens with one attached hydrogen (secondary N) is 2. The molecular weight excluding hydrogens is 373 g/mol. The lowest BCUT2D eigenvalue weighted by Crippen LogP contribution is -2.39. The summed E-state index contributed by atoms with van der Waals surface area (Å²) in [5.74, 6) is 1.30. The maximum Gasteiger partial charge on any atom is 0.405 e. The average Bonchev–Trinajstić information content (AvgIpc) is 3.11. The topological polar surface area (TPSA) is 84.5 Å². The number of hydrogen-bond acceptors (Lipinski definition) is 4. The van der Waals surface area contributed by atoms with Crippen LogP contribution >= 0.6 is 0 Å². The van der Waals surface area contributed by atoms with Crippen molar-refractivity contribution in [2.24, 2.45) is 5.92 Å². The van der Waals surface area contributed by atoms with Gasteiger partial charge in [0.2, 0.25) is 10.0 Å². The molecule has 2 atom stereocenters. The lowest BCUT2D eigenvalue weighted by atomic mass is 10.0. The molecule has 1 aliphatic rings. The van der Waals surface area contributed by atoms with E-state index in [0.717, 1.165) is 24.3 Å². The third-order valence-corrected chi connectivity index (χ3v) is 5.23. The number of terminal acetylenes is 1. The van der Waals surface area contributed by atoms with Crippen LogP contribution in [-0.2, 0) is 14.8 Å². The van der Waals surface area contributed by atoms with Crippen molar-refractivity contribution in [2.75, 3.05) is 19.8 Å². The number of benzene rings is 1. The second kappa shape index (κ2) is 8.07. The summed E-state index contributed by atoms with van der Waals surface area (Å²) < 4.78 is 68.7. The molecule has 10 heteroatoms. The van der Waals surface area contributed by atoms with Crippen molar-refractivity contribution in [1.29, 1.82) is 0 Å². The van der Waals surface area contributed by atoms with Gasteiger partial charge in [0, 0.05) is 18.1 Å². The van der Waals surface area contributed by atoms with Crippen LogP contribution in [0.1, 0.15) is 16.8 Å². The van der Waals surface area contributed by atoms with E-state index < -0.39 is 34.7 Å². The first kappa shape index (κ1) is 20.2. The zero-order valence-corrected chi connectivity index (χ0v) is 14.4. The van der Waals surface area contributed by atoms with Crippen LogP contribution in [0.2, 0.25) is 0 Å². The monoisotopic (exact) mass is 390 g/mol. The van der Waals surface area contributed by atoms with Crippen LogP contribution in [0.5, 0.6) is 0 Å². The zero-order valence-electron chi connectivity index (χ0n) is 13.5. The number of carbonyl (C=O) groups is 1. The molecule has 2 N–H and O–H groups in total. The van der Waals surface area contributed by atoms with Crippen LogP contribution in [0.15, 0.2) is 29.2 Å². The van der Waals surface area contributed by atoms with E-state index in [1.807, 2.05) is 0 Å². The van der Waals surface area contributed by atoms with Gasteiger partial charge in [-0.2, -0.15) is 17.9 Å². The van der Waals surface area contributed by atoms with Gasteiger partial charge in [-0.05, 0) is 30.7 Å². The SMILES string of the molecule is C#C[C@@H](NS(=O)(=O)c1ccc(C(=O)NCC(F)(F)F)cc1)[C@@H]1CCOC1. The number of alkyl halides is 3. The summed E-state index contributed by atoms with van der Waals surface area (Å²) in [6.45, 7) is -0.608. The lowest BCUT2D eigenvalue weighted by Gasteiger charge is -2.18. The summed E-state index contributed by atoms with van der Waals surface area (Å²) >= 11 is 0. The van der Waals surface area contributed by atoms with Gasteiger partial charge >= 0.3 is 6.18 Å². The third-order valence-electron chi connectivity index (χ3n) is 3.77. The summed E-state index contributed by atoms with van der Waals surface area (Å²) in [7, 11) is -3.95. The first-order valence-corrected chi connectivity index (χ1v) is 9.12. The van der Waals surface area contributed by atoms with E-state index in [1.165, 1.54) is 0 Å². The Labute approximate surface area is 149 Å². The Morgan fingerprint density at radius 3 is 2.50 bits per heavy atom. The molecule has 2 rings (SSSR count). The van der Waals surface area contributed by atoms with Gasteiger partial charge in [-0.3, -0.25) is 4.79 Å². The molecule has 0 saturated carbocycles. The summed E-state index contributed by atoms with van der Waals surface area (Å²) in [5, 5.41) is 1.71. The molecule has 0 aliphatic carbocycles. The highest BCUT2D eigenvalue weighted by Crippen LogP contribution is 2.19. The van der Waals surface area contributed by atoms with Crippen LogP contribution < -0.4 is 10.0 Å². The fraction of sp³-hybridized carbons (Fsp3) is 0.438. The van der Waals surface area contributed by atoms with Gasteiger partial charge in [-0.1, -0.05) is 5.92 Å². The van der Waals surface area contributed by atoms with Gasteiger partial charge < -0.3 is 10.1 Å². The fourth-order valence-corrected chi connectivity index (χ4v) is 3.61. The Kier molecular flexibility index (Phi) is 6.28. The van der Waals surface area contributed by atoms with Crippen molar-refractivity contribution in [2.45, 2.75) is 23.5 Å². The largest absolute Gasteiger partial charge is 0.405 e. The van der Waals surface area contributed by atoms with Crippen LogP contribution in [0, 0.1) is 18.3 Å². The Balaban J connectivity index is 2.06. The summed E-state index contributed by atoms with van der Waals surface area (Å²) in [5.41, 5.74) is -0.0918. The Hall–Kier alpha value is -2.09. The molecule has 1 amide bonds. The van der Waals surface area contributed by atoms with Gasteiger partial charge in [0.15, 0.2) is 0 Å². The van der Waals surface area contributed by atoms with Gasteiger partial charge in [0.25, 0.3) is 5.91 Å². The minimum Gasteiger partial charge on any atom is -0.381 e. The molecule has 1 heterocycles. The van der Waals surface area contributed by atoms with E-state index in [4.69, 9.17) is 11.2 Å². The van der Waals surface area contributed by atoms with Gasteiger partial charge in [0.05, 0.1) is 17.5 Å². The van der Waals surface area contributed by atoms with Crippen LogP contribution in [-0.4, -0.2) is 46.3 Å². The molecule has 1 aliphatic heterocycles. The Bertz CT molecular complexity index is 779. The molecule has 1 saturated heterocycles. The zero-order chi connectivity index (χ0) is 19.4. The Morgan fingerprint density at radius 1 is 1.35 bits per heavy atom. The number of halogens is 3. The predicted octanol–water partition coefficient (Wildman–Crippen LogP) is 1.30. The van der Waals surface area contributed by atoms with Crippen LogP contribution in [0.3, 0.4) is 0 Å². The average molecular weight is 390 g/mol. The molecule has 0 aromatic heterocycles. The summed E-state index contributed by atoms with van der Waals surface area (Å²) in [4.78, 5) is 11.5. The molecular formula is C16H17F3N2O4S. The Morgan fingerprint density at radius 2 is 2.00 bits per heavy atom. The van der Waals surface area contributed by atoms with Crippen LogP contribution in [0.4, 0.5) is 13.2 Å². The molecule has 0 spiro atoms. The van der Waals surface area contributed by atoms with Gasteiger partial charge in [0.1, 0.15) is 6.54 Å². The quantitative estimate of drug-likeness (QED) is 0.717. The van der Waals surface area contributed by atoms with E-state index >= 15 is 0 Å². The maximum absolute atomic E-state index is 12.4. The maximum atomic E-state index is 12.4. The van der Waals surface area contributed by atoms with Crippen molar-refractivity contribution in [1.82, 2.24) is 10.0 Å². The second-order valence-corrected chi connectivity index (χ2v) is 7.43. The minimum absolute atomic E-state index is 0.0918. The number of hydrogen-bond donors (Lipinski definition) is 2. The second-order valence-electron chi connectivity index (χ2n) is 5.71. The van der Waals surface area contributed by atoms with E-state index in [0.29, 0.717) is 19.6 Å². The van der Waals surface area contributed by atoms with E-state index in [2.05, 4.69) is 10.6 Å². The minimum atomic E-state index is -4.53. The molecule has 0 radical (unpaired) electrons. The highest BCUT2D eigenvalue weighted by atomic mass is 32.2. The molecule has 142 valence electrons. The number of rotatable bonds is 6. The molecule has 26 heavy (non-hydrogen) atoms. The van der Waals surface area contributed by atoms with Gasteiger partial charge in [-0.15, -0.1) is 6.42 Å². The molecule has 1 aromatic carbocycles. The number of amides is 1.